The number of carbonyl (C=O) groups excluding carboxylic acids is 2. The van der Waals surface area contributed by atoms with Crippen LogP contribution < -0.4 is 5.32 Å². The van der Waals surface area contributed by atoms with Crippen LogP contribution in [0.4, 0.5) is 21.1 Å². The lowest BCUT2D eigenvalue weighted by molar-refractivity contribution is 0.104. The summed E-state index contributed by atoms with van der Waals surface area (Å²) in [5.41, 5.74) is 9.26. The molecule has 7 heterocycles. The van der Waals surface area contributed by atoms with E-state index in [1.165, 1.54) is 4.90 Å². The fraction of sp³-hybridized carbons (Fsp3) is 0.212. The minimum atomic E-state index is -3.63. The predicted molar refractivity (Wildman–Crippen MR) is 276 cm³/mol. The quantitative estimate of drug-likeness (QED) is 0.101. The van der Waals surface area contributed by atoms with Gasteiger partial charge in [-0.1, -0.05) is 60.7 Å². The SMILES string of the molecule is CN(CCc1cn2c(-c3cnn(C)c3)cnc2c(Nc2ccc(-n3ccnc3)cc2)n1)C(=O)OCc1ccccc1.CN(CCc1cn2c(-c3cnn(C)c3)cnc2c(S(C)(=O)=O)n1)C(=O)OCc1ccccc1. The zero-order chi connectivity index (χ0) is 51.8. The highest BCUT2D eigenvalue weighted by molar-refractivity contribution is 7.90. The maximum absolute atomic E-state index is 12.6. The summed E-state index contributed by atoms with van der Waals surface area (Å²) in [6.07, 6.45) is 20.9. The molecule has 0 spiro atoms. The van der Waals surface area contributed by atoms with Crippen LogP contribution in [0.15, 0.2) is 158 Å². The zero-order valence-electron chi connectivity index (χ0n) is 41.3. The van der Waals surface area contributed by atoms with Crippen molar-refractivity contribution in [2.45, 2.75) is 31.1 Å². The van der Waals surface area contributed by atoms with Crippen molar-refractivity contribution in [2.24, 2.45) is 14.1 Å². The molecular weight excluding hydrogens is 963 g/mol. The Bertz CT molecular complexity index is 3630. The van der Waals surface area contributed by atoms with Gasteiger partial charge in [-0.2, -0.15) is 10.2 Å². The fourth-order valence-electron chi connectivity index (χ4n) is 7.83. The molecule has 3 aromatic carbocycles. The van der Waals surface area contributed by atoms with Crippen LogP contribution in [-0.4, -0.2) is 122 Å². The maximum Gasteiger partial charge on any atom is 0.409 e. The van der Waals surface area contributed by atoms with E-state index < -0.39 is 15.9 Å². The molecule has 10 rings (SSSR count). The van der Waals surface area contributed by atoms with Crippen LogP contribution in [0.5, 0.6) is 0 Å². The highest BCUT2D eigenvalue weighted by Crippen LogP contribution is 2.28. The summed E-state index contributed by atoms with van der Waals surface area (Å²) in [6, 6.07) is 27.0. The Morgan fingerprint density at radius 3 is 1.65 bits per heavy atom. The molecule has 0 saturated heterocycles. The number of hydrogen-bond donors (Lipinski definition) is 1. The molecule has 0 aliphatic carbocycles. The molecule has 21 nitrogen and oxygen atoms in total. The molecule has 0 fully saturated rings. The smallest absolute Gasteiger partial charge is 0.409 e. The second kappa shape index (κ2) is 22.1. The molecule has 0 aliphatic rings. The van der Waals surface area contributed by atoms with Crippen LogP contribution >= 0.6 is 0 Å². The van der Waals surface area contributed by atoms with Crippen LogP contribution in [0, 0.1) is 0 Å². The lowest BCUT2D eigenvalue weighted by atomic mass is 10.2. The number of fused-ring (bicyclic) bond motifs is 2. The van der Waals surface area contributed by atoms with E-state index >= 15 is 0 Å². The number of benzene rings is 3. The third-order valence-corrected chi connectivity index (χ3v) is 12.8. The molecule has 7 aromatic heterocycles. The average Bonchev–Trinajstić information content (AvgIpc) is 4.29. The first kappa shape index (κ1) is 49.8. The van der Waals surface area contributed by atoms with Gasteiger partial charge in [-0.15, -0.1) is 0 Å². The van der Waals surface area contributed by atoms with E-state index in [0.717, 1.165) is 51.3 Å². The molecule has 74 heavy (non-hydrogen) atoms. The largest absolute Gasteiger partial charge is 0.445 e. The van der Waals surface area contributed by atoms with Gasteiger partial charge in [0, 0.05) is 120 Å². The number of hydrogen-bond acceptors (Lipinski definition) is 14. The first-order chi connectivity index (χ1) is 35.7. The maximum atomic E-state index is 12.6. The third kappa shape index (κ3) is 11.9. The summed E-state index contributed by atoms with van der Waals surface area (Å²) in [6.45, 7) is 1.13. The summed E-state index contributed by atoms with van der Waals surface area (Å²) < 4.78 is 44.7. The fourth-order valence-corrected chi connectivity index (χ4v) is 8.59. The molecule has 0 bridgehead atoms. The van der Waals surface area contributed by atoms with Crippen molar-refractivity contribution >= 4 is 44.8 Å². The van der Waals surface area contributed by atoms with Crippen LogP contribution in [-0.2, 0) is 59.5 Å². The van der Waals surface area contributed by atoms with Crippen molar-refractivity contribution in [1.82, 2.24) is 67.6 Å². The Kier molecular flexibility index (Phi) is 14.9. The first-order valence-electron chi connectivity index (χ1n) is 23.4. The predicted octanol–water partition coefficient (Wildman–Crippen LogP) is 7.21. The Hall–Kier alpha value is -9.18. The van der Waals surface area contributed by atoms with E-state index in [9.17, 15) is 18.0 Å². The van der Waals surface area contributed by atoms with Crippen LogP contribution in [0.3, 0.4) is 0 Å². The van der Waals surface area contributed by atoms with Crippen molar-refractivity contribution in [3.63, 3.8) is 0 Å². The third-order valence-electron chi connectivity index (χ3n) is 11.8. The van der Waals surface area contributed by atoms with E-state index in [1.807, 2.05) is 138 Å². The van der Waals surface area contributed by atoms with Gasteiger partial charge in [0.1, 0.15) is 13.2 Å². The van der Waals surface area contributed by atoms with Crippen molar-refractivity contribution in [2.75, 3.05) is 38.8 Å². The van der Waals surface area contributed by atoms with Crippen molar-refractivity contribution in [1.29, 1.82) is 0 Å². The number of imidazole rings is 3. The second-order valence-corrected chi connectivity index (χ2v) is 19.4. The summed E-state index contributed by atoms with van der Waals surface area (Å²) in [7, 11) is 3.41. The normalized spacial score (nSPS) is 11.3. The van der Waals surface area contributed by atoms with Gasteiger partial charge in [0.2, 0.25) is 0 Å². The molecular formula is C52H53N15O6S. The van der Waals surface area contributed by atoms with Gasteiger partial charge in [-0.25, -0.2) is 42.9 Å². The summed E-state index contributed by atoms with van der Waals surface area (Å²) in [5.74, 6) is 0.613. The first-order valence-corrected chi connectivity index (χ1v) is 25.3. The van der Waals surface area contributed by atoms with E-state index in [-0.39, 0.29) is 30.0 Å². The molecule has 2 amide bonds. The van der Waals surface area contributed by atoms with Gasteiger partial charge >= 0.3 is 12.2 Å². The van der Waals surface area contributed by atoms with Crippen molar-refractivity contribution in [3.05, 3.63) is 176 Å². The van der Waals surface area contributed by atoms with Crippen LogP contribution in [0.1, 0.15) is 22.5 Å². The number of carbonyl (C=O) groups is 2. The summed E-state index contributed by atoms with van der Waals surface area (Å²) >= 11 is 0. The molecule has 0 radical (unpaired) electrons. The monoisotopic (exact) mass is 1020 g/mol. The van der Waals surface area contributed by atoms with Crippen molar-refractivity contribution < 1.29 is 27.5 Å². The standard InChI is InChI=1S/C30H29N9O2.C22H24N6O4S/c1-36(30(40)41-20-22-6-4-3-5-7-22)14-12-25-19-39-27(23-16-33-37(2)18-23)17-32-29(39)28(35-25)34-24-8-10-26(11-9-24)38-15-13-31-21-38;1-26(22(29)32-15-16-7-5-4-6-8-16)10-9-18-14-28-19(17-11-24-27(2)13-17)12-23-20(28)21(25-18)33(3,30)31/h3-11,13,15-19,21H,12,14,20H2,1-2H3,(H,34,35);4-8,11-14H,9-10,15H2,1-3H3. The van der Waals surface area contributed by atoms with E-state index in [1.54, 1.807) is 70.9 Å². The highest BCUT2D eigenvalue weighted by Gasteiger charge is 2.22. The van der Waals surface area contributed by atoms with Gasteiger partial charge in [0.15, 0.2) is 32.0 Å². The number of anilines is 2. The molecule has 0 saturated carbocycles. The van der Waals surface area contributed by atoms with E-state index in [0.29, 0.717) is 48.8 Å². The Labute approximate surface area is 426 Å². The molecule has 0 atom stereocenters. The molecule has 0 unspecified atom stereocenters. The summed E-state index contributed by atoms with van der Waals surface area (Å²) in [5, 5.41) is 11.8. The summed E-state index contributed by atoms with van der Waals surface area (Å²) in [4.78, 5) is 50.3. The van der Waals surface area contributed by atoms with Gasteiger partial charge < -0.3 is 29.2 Å². The Morgan fingerprint density at radius 2 is 1.16 bits per heavy atom. The number of ether oxygens (including phenoxy) is 2. The Balaban J connectivity index is 0.000000186. The van der Waals surface area contributed by atoms with Crippen LogP contribution in [0.25, 0.3) is 39.5 Å². The number of likely N-dealkylation sites (N-methyl/N-ethyl adjacent to an activating group) is 2. The Morgan fingerprint density at radius 1 is 0.649 bits per heavy atom. The van der Waals surface area contributed by atoms with Gasteiger partial charge in [-0.3, -0.25) is 18.2 Å². The van der Waals surface area contributed by atoms with E-state index in [2.05, 4.69) is 35.5 Å². The van der Waals surface area contributed by atoms with Crippen molar-refractivity contribution in [3.8, 4) is 28.2 Å². The van der Waals surface area contributed by atoms with Gasteiger partial charge in [-0.05, 0) is 35.4 Å². The number of amides is 2. The molecule has 0 aliphatic heterocycles. The number of nitrogens with zero attached hydrogens (tertiary/aromatic N) is 14. The number of nitrogens with one attached hydrogen (secondary N) is 1. The second-order valence-electron chi connectivity index (χ2n) is 17.4. The lowest BCUT2D eigenvalue weighted by Crippen LogP contribution is -2.29. The number of aromatic nitrogens is 12. The van der Waals surface area contributed by atoms with Gasteiger partial charge in [0.05, 0.1) is 53.9 Å². The minimum absolute atomic E-state index is 0.107. The molecule has 22 heteroatoms. The van der Waals surface area contributed by atoms with Crippen LogP contribution in [0.2, 0.25) is 0 Å². The van der Waals surface area contributed by atoms with E-state index in [4.69, 9.17) is 14.5 Å². The average molecular weight is 1020 g/mol. The number of aryl methyl sites for hydroxylation is 2. The number of rotatable bonds is 16. The van der Waals surface area contributed by atoms with Gasteiger partial charge in [0.25, 0.3) is 0 Å². The zero-order valence-corrected chi connectivity index (χ0v) is 42.1. The molecule has 378 valence electrons. The minimum Gasteiger partial charge on any atom is -0.445 e. The molecule has 10 aromatic rings. The lowest BCUT2D eigenvalue weighted by Gasteiger charge is -2.17. The number of sulfone groups is 1. The topological polar surface area (TPSA) is 219 Å². The highest BCUT2D eigenvalue weighted by atomic mass is 32.2. The molecule has 1 N–H and O–H groups in total.